The number of halogens is 2. The van der Waals surface area contributed by atoms with Crippen LogP contribution in [0, 0.1) is 0 Å². The van der Waals surface area contributed by atoms with Gasteiger partial charge in [0.25, 0.3) is 0 Å². The number of carbonyl (C=O) groups excluding carboxylic acids is 1. The van der Waals surface area contributed by atoms with Crippen molar-refractivity contribution in [3.05, 3.63) is 46.0 Å². The molecule has 5 nitrogen and oxygen atoms in total. The topological polar surface area (TPSA) is 67.9 Å². The van der Waals surface area contributed by atoms with E-state index in [9.17, 15) is 4.79 Å². The summed E-state index contributed by atoms with van der Waals surface area (Å²) in [4.78, 5) is 17.1. The fraction of sp³-hybridized carbons (Fsp3) is 0.438. The van der Waals surface area contributed by atoms with Crippen LogP contribution in [0.25, 0.3) is 0 Å². The van der Waals surface area contributed by atoms with Crippen molar-refractivity contribution < 1.29 is 9.53 Å². The van der Waals surface area contributed by atoms with Gasteiger partial charge in [0.05, 0.1) is 0 Å². The van der Waals surface area contributed by atoms with Crippen molar-refractivity contribution in [2.24, 2.45) is 0 Å². The molecular weight excluding hydrogens is 337 g/mol. The van der Waals surface area contributed by atoms with E-state index in [0.29, 0.717) is 27.9 Å². The van der Waals surface area contributed by atoms with Gasteiger partial charge in [0, 0.05) is 22.4 Å². The molecule has 1 fully saturated rings. The summed E-state index contributed by atoms with van der Waals surface area (Å²) in [5, 5.41) is 7.83. The lowest BCUT2D eigenvalue weighted by atomic mass is 9.68. The van der Waals surface area contributed by atoms with Crippen LogP contribution in [0.5, 0.6) is 0 Å². The molecule has 3 rings (SSSR count). The van der Waals surface area contributed by atoms with Gasteiger partial charge in [-0.15, -0.1) is 0 Å². The van der Waals surface area contributed by atoms with E-state index in [1.807, 2.05) is 13.8 Å². The maximum atomic E-state index is 12.9. The summed E-state index contributed by atoms with van der Waals surface area (Å²) in [6.07, 6.45) is 2.65. The number of hydrogen-bond acceptors (Lipinski definition) is 4. The highest BCUT2D eigenvalue weighted by Crippen LogP contribution is 2.50. The van der Waals surface area contributed by atoms with Crippen molar-refractivity contribution in [1.29, 1.82) is 0 Å². The second-order valence-corrected chi connectivity index (χ2v) is 6.66. The van der Waals surface area contributed by atoms with Gasteiger partial charge in [-0.1, -0.05) is 43.1 Å². The number of H-pyrrole nitrogens is 1. The second kappa shape index (κ2) is 6.13. The first-order chi connectivity index (χ1) is 11.0. The molecule has 1 aromatic heterocycles. The minimum absolute atomic E-state index is 0.143. The highest BCUT2D eigenvalue weighted by atomic mass is 35.5. The minimum atomic E-state index is -0.912. The summed E-state index contributed by atoms with van der Waals surface area (Å²) >= 11 is 12.4. The van der Waals surface area contributed by atoms with Crippen LogP contribution in [-0.2, 0) is 14.9 Å². The fourth-order valence-corrected chi connectivity index (χ4v) is 3.85. The molecule has 1 aromatic carbocycles. The van der Waals surface area contributed by atoms with Gasteiger partial charge in [-0.3, -0.25) is 9.89 Å². The maximum absolute atomic E-state index is 12.9. The van der Waals surface area contributed by atoms with Gasteiger partial charge in [0.1, 0.15) is 17.8 Å². The fourth-order valence-electron chi connectivity index (χ4n) is 3.27. The molecule has 3 unspecified atom stereocenters. The third-order valence-electron chi connectivity index (χ3n) is 4.61. The number of aromatic amines is 1. The smallest absolute Gasteiger partial charge is 0.317 e. The molecule has 1 aliphatic rings. The van der Waals surface area contributed by atoms with Crippen LogP contribution in [0.3, 0.4) is 0 Å². The normalized spacial score (nSPS) is 25.4. The van der Waals surface area contributed by atoms with Crippen LogP contribution in [0.4, 0.5) is 0 Å². The summed E-state index contributed by atoms with van der Waals surface area (Å²) in [5.41, 5.74) is -0.202. The minimum Gasteiger partial charge on any atom is -0.462 e. The van der Waals surface area contributed by atoms with Crippen molar-refractivity contribution in [2.45, 2.75) is 44.1 Å². The van der Waals surface area contributed by atoms with E-state index in [-0.39, 0.29) is 18.0 Å². The summed E-state index contributed by atoms with van der Waals surface area (Å²) in [5.74, 6) is -0.00734. The molecule has 0 aliphatic carbocycles. The average molecular weight is 354 g/mol. The molecule has 0 bridgehead atoms. The predicted octanol–water partition coefficient (Wildman–Crippen LogP) is 3.88. The van der Waals surface area contributed by atoms with Crippen LogP contribution in [0.2, 0.25) is 10.0 Å². The number of nitrogens with zero attached hydrogens (tertiary/aromatic N) is 2. The van der Waals surface area contributed by atoms with Gasteiger partial charge >= 0.3 is 5.97 Å². The van der Waals surface area contributed by atoms with E-state index < -0.39 is 5.41 Å². The monoisotopic (exact) mass is 353 g/mol. The van der Waals surface area contributed by atoms with Gasteiger partial charge < -0.3 is 4.74 Å². The van der Waals surface area contributed by atoms with Crippen molar-refractivity contribution in [1.82, 2.24) is 15.2 Å². The lowest BCUT2D eigenvalue weighted by molar-refractivity contribution is -0.146. The number of nitrogens with one attached hydrogen (secondary N) is 1. The number of carbonyl (C=O) groups is 1. The highest BCUT2D eigenvalue weighted by Gasteiger charge is 2.55. The summed E-state index contributed by atoms with van der Waals surface area (Å²) < 4.78 is 5.59. The predicted molar refractivity (Wildman–Crippen MR) is 87.7 cm³/mol. The number of aromatic nitrogens is 3. The van der Waals surface area contributed by atoms with Crippen LogP contribution in [0.1, 0.15) is 44.0 Å². The van der Waals surface area contributed by atoms with Crippen molar-refractivity contribution >= 4 is 29.2 Å². The van der Waals surface area contributed by atoms with Crippen LogP contribution >= 0.6 is 23.2 Å². The molecule has 0 amide bonds. The van der Waals surface area contributed by atoms with Gasteiger partial charge in [0.2, 0.25) is 0 Å². The Morgan fingerprint density at radius 2 is 2.26 bits per heavy atom. The molecule has 0 saturated carbocycles. The van der Waals surface area contributed by atoms with E-state index >= 15 is 0 Å². The Morgan fingerprint density at radius 1 is 1.48 bits per heavy atom. The van der Waals surface area contributed by atoms with Crippen LogP contribution in [0.15, 0.2) is 24.5 Å². The Morgan fingerprint density at radius 3 is 2.83 bits per heavy atom. The Kier molecular flexibility index (Phi) is 4.34. The Bertz CT molecular complexity index is 720. The Hall–Kier alpha value is -1.59. The van der Waals surface area contributed by atoms with E-state index in [0.717, 1.165) is 6.42 Å². The molecule has 0 radical (unpaired) electrons. The van der Waals surface area contributed by atoms with E-state index in [1.54, 1.807) is 18.2 Å². The van der Waals surface area contributed by atoms with Gasteiger partial charge in [-0.05, 0) is 24.1 Å². The van der Waals surface area contributed by atoms with E-state index in [1.165, 1.54) is 6.33 Å². The molecule has 1 saturated heterocycles. The molecule has 3 atom stereocenters. The lowest BCUT2D eigenvalue weighted by Crippen LogP contribution is -2.38. The van der Waals surface area contributed by atoms with E-state index in [4.69, 9.17) is 27.9 Å². The molecule has 7 heteroatoms. The average Bonchev–Trinajstić information content (AvgIpc) is 3.15. The number of benzene rings is 1. The standard InChI is InChI=1S/C16H17Cl2N3O2/c1-3-11-7-16(15(22)23-11,9(2)14-19-8-20-21-14)12-5-4-10(17)6-13(12)18/h4-6,8-9,11H,3,7H2,1-2H3,(H,19,20,21). The summed E-state index contributed by atoms with van der Waals surface area (Å²) in [6, 6.07) is 5.19. The SMILES string of the molecule is CCC1CC(c2ccc(Cl)cc2Cl)(C(C)c2nc[nH]n2)C(=O)O1. The van der Waals surface area contributed by atoms with Gasteiger partial charge in [-0.2, -0.15) is 5.10 Å². The summed E-state index contributed by atoms with van der Waals surface area (Å²) in [7, 11) is 0. The number of ether oxygens (including phenoxy) is 1. The molecule has 23 heavy (non-hydrogen) atoms. The first-order valence-corrected chi connectivity index (χ1v) is 8.27. The number of hydrogen-bond donors (Lipinski definition) is 1. The van der Waals surface area contributed by atoms with Crippen molar-refractivity contribution in [3.8, 4) is 0 Å². The first-order valence-electron chi connectivity index (χ1n) is 7.51. The Labute approximate surface area is 144 Å². The van der Waals surface area contributed by atoms with Crippen molar-refractivity contribution in [2.75, 3.05) is 0 Å². The summed E-state index contributed by atoms with van der Waals surface area (Å²) in [6.45, 7) is 3.92. The largest absolute Gasteiger partial charge is 0.462 e. The second-order valence-electron chi connectivity index (χ2n) is 5.81. The zero-order chi connectivity index (χ0) is 16.6. The zero-order valence-corrected chi connectivity index (χ0v) is 14.4. The molecular formula is C16H17Cl2N3O2. The molecule has 2 heterocycles. The quantitative estimate of drug-likeness (QED) is 0.846. The zero-order valence-electron chi connectivity index (χ0n) is 12.8. The highest BCUT2D eigenvalue weighted by molar-refractivity contribution is 6.35. The molecule has 0 spiro atoms. The molecule has 1 aliphatic heterocycles. The van der Waals surface area contributed by atoms with Gasteiger partial charge in [-0.25, -0.2) is 4.98 Å². The number of rotatable bonds is 4. The van der Waals surface area contributed by atoms with Crippen molar-refractivity contribution in [3.63, 3.8) is 0 Å². The molecule has 1 N–H and O–H groups in total. The van der Waals surface area contributed by atoms with Crippen LogP contribution in [-0.4, -0.2) is 27.3 Å². The maximum Gasteiger partial charge on any atom is 0.317 e. The lowest BCUT2D eigenvalue weighted by Gasteiger charge is -2.31. The number of cyclic esters (lactones) is 1. The first kappa shape index (κ1) is 16.3. The van der Waals surface area contributed by atoms with Crippen LogP contribution < -0.4 is 0 Å². The Balaban J connectivity index is 2.16. The van der Waals surface area contributed by atoms with Gasteiger partial charge in [0.15, 0.2) is 5.82 Å². The molecule has 2 aromatic rings. The van der Waals surface area contributed by atoms with E-state index in [2.05, 4.69) is 15.2 Å². The number of esters is 1. The third kappa shape index (κ3) is 2.62. The third-order valence-corrected chi connectivity index (χ3v) is 5.16. The molecule has 122 valence electrons.